The molecule has 0 aromatic carbocycles. The van der Waals surface area contributed by atoms with Crippen LogP contribution in [0, 0.1) is 5.41 Å². The Balaban J connectivity index is 2.89. The summed E-state index contributed by atoms with van der Waals surface area (Å²) in [6.45, 7) is 5.91. The number of carboxylic acids is 1. The topological polar surface area (TPSA) is 79.3 Å². The van der Waals surface area contributed by atoms with Crippen LogP contribution < -0.4 is 5.32 Å². The molecule has 0 saturated heterocycles. The van der Waals surface area contributed by atoms with Gasteiger partial charge in [0.15, 0.2) is 0 Å². The van der Waals surface area contributed by atoms with Crippen LogP contribution in [-0.2, 0) is 4.79 Å². The van der Waals surface area contributed by atoms with E-state index in [1.165, 1.54) is 12.1 Å². The van der Waals surface area contributed by atoms with Crippen molar-refractivity contribution in [2.24, 2.45) is 5.41 Å². The third kappa shape index (κ3) is 6.31. The first-order chi connectivity index (χ1) is 9.58. The monoisotopic (exact) mass is 332 g/mol. The standard InChI is InChI=1S/C14H18Cl2N2O3/c1-14(2,3)7-8(6-11(19)20)17-13(21)12-9(15)4-5-10(16)18-12/h4-5,8H,6-7H2,1-3H3,(H,17,21)(H,19,20). The van der Waals surface area contributed by atoms with Gasteiger partial charge in [0.2, 0.25) is 0 Å². The Bertz CT molecular complexity index is 542. The minimum Gasteiger partial charge on any atom is -0.481 e. The Morgan fingerprint density at radius 1 is 1.33 bits per heavy atom. The van der Waals surface area contributed by atoms with Gasteiger partial charge in [0.1, 0.15) is 10.8 Å². The fourth-order valence-electron chi connectivity index (χ4n) is 1.96. The molecule has 0 spiro atoms. The van der Waals surface area contributed by atoms with Crippen molar-refractivity contribution in [3.05, 3.63) is 28.0 Å². The number of carbonyl (C=O) groups excluding carboxylic acids is 1. The van der Waals surface area contributed by atoms with Gasteiger partial charge in [-0.2, -0.15) is 0 Å². The van der Waals surface area contributed by atoms with E-state index in [2.05, 4.69) is 10.3 Å². The highest BCUT2D eigenvalue weighted by atomic mass is 35.5. The van der Waals surface area contributed by atoms with Crippen molar-refractivity contribution in [2.45, 2.75) is 39.7 Å². The number of hydrogen-bond acceptors (Lipinski definition) is 3. The van der Waals surface area contributed by atoms with E-state index in [1.54, 1.807) is 0 Å². The summed E-state index contributed by atoms with van der Waals surface area (Å²) in [7, 11) is 0. The summed E-state index contributed by atoms with van der Waals surface area (Å²) >= 11 is 11.7. The van der Waals surface area contributed by atoms with Crippen LogP contribution in [0.3, 0.4) is 0 Å². The fraction of sp³-hybridized carbons (Fsp3) is 0.500. The zero-order chi connectivity index (χ0) is 16.2. The first kappa shape index (κ1) is 17.7. The quantitative estimate of drug-likeness (QED) is 0.810. The Morgan fingerprint density at radius 3 is 2.48 bits per heavy atom. The van der Waals surface area contributed by atoms with Gasteiger partial charge in [-0.05, 0) is 24.0 Å². The van der Waals surface area contributed by atoms with Crippen LogP contribution >= 0.6 is 23.2 Å². The number of carboxylic acid groups (broad SMARTS) is 1. The third-order valence-electron chi connectivity index (χ3n) is 2.64. The Labute approximate surface area is 133 Å². The molecule has 1 aromatic heterocycles. The van der Waals surface area contributed by atoms with Gasteiger partial charge in [0, 0.05) is 6.04 Å². The summed E-state index contributed by atoms with van der Waals surface area (Å²) < 4.78 is 0. The smallest absolute Gasteiger partial charge is 0.305 e. The lowest BCUT2D eigenvalue weighted by molar-refractivity contribution is -0.137. The largest absolute Gasteiger partial charge is 0.481 e. The van der Waals surface area contributed by atoms with Gasteiger partial charge in [0.05, 0.1) is 11.4 Å². The molecule has 116 valence electrons. The first-order valence-electron chi connectivity index (χ1n) is 6.43. The van der Waals surface area contributed by atoms with E-state index in [0.717, 1.165) is 0 Å². The number of rotatable bonds is 5. The lowest BCUT2D eigenvalue weighted by Crippen LogP contribution is -2.39. The molecular weight excluding hydrogens is 315 g/mol. The second kappa shape index (κ2) is 7.09. The van der Waals surface area contributed by atoms with E-state index in [0.29, 0.717) is 6.42 Å². The van der Waals surface area contributed by atoms with Crippen molar-refractivity contribution in [1.29, 1.82) is 0 Å². The first-order valence-corrected chi connectivity index (χ1v) is 7.19. The number of aromatic nitrogens is 1. The molecule has 1 aromatic rings. The van der Waals surface area contributed by atoms with Gasteiger partial charge in [-0.15, -0.1) is 0 Å². The van der Waals surface area contributed by atoms with Crippen LogP contribution in [-0.4, -0.2) is 28.0 Å². The second-order valence-electron chi connectivity index (χ2n) is 6.00. The van der Waals surface area contributed by atoms with Crippen molar-refractivity contribution >= 4 is 35.1 Å². The SMILES string of the molecule is CC(C)(C)CC(CC(=O)O)NC(=O)c1nc(Cl)ccc1Cl. The number of aliphatic carboxylic acids is 1. The Kier molecular flexibility index (Phi) is 5.98. The number of pyridine rings is 1. The highest BCUT2D eigenvalue weighted by Gasteiger charge is 2.24. The maximum absolute atomic E-state index is 12.2. The van der Waals surface area contributed by atoms with Crippen molar-refractivity contribution in [2.75, 3.05) is 0 Å². The third-order valence-corrected chi connectivity index (χ3v) is 3.16. The van der Waals surface area contributed by atoms with Crippen molar-refractivity contribution in [1.82, 2.24) is 10.3 Å². The van der Waals surface area contributed by atoms with E-state index in [-0.39, 0.29) is 27.7 Å². The average Bonchev–Trinajstić information content (AvgIpc) is 2.28. The van der Waals surface area contributed by atoms with Gasteiger partial charge in [-0.25, -0.2) is 4.98 Å². The van der Waals surface area contributed by atoms with E-state index < -0.39 is 17.9 Å². The van der Waals surface area contributed by atoms with Crippen LogP contribution in [0.25, 0.3) is 0 Å². The zero-order valence-electron chi connectivity index (χ0n) is 12.1. The van der Waals surface area contributed by atoms with E-state index >= 15 is 0 Å². The van der Waals surface area contributed by atoms with E-state index in [1.807, 2.05) is 20.8 Å². The molecule has 0 saturated carbocycles. The van der Waals surface area contributed by atoms with E-state index in [4.69, 9.17) is 28.3 Å². The molecule has 0 bridgehead atoms. The van der Waals surface area contributed by atoms with E-state index in [9.17, 15) is 9.59 Å². The van der Waals surface area contributed by atoms with Crippen LogP contribution in [0.4, 0.5) is 0 Å². The predicted octanol–water partition coefficient (Wildman–Crippen LogP) is 3.40. The summed E-state index contributed by atoms with van der Waals surface area (Å²) in [6.07, 6.45) is 0.352. The molecule has 1 heterocycles. The molecule has 0 radical (unpaired) electrons. The van der Waals surface area contributed by atoms with Crippen molar-refractivity contribution in [3.8, 4) is 0 Å². The number of hydrogen-bond donors (Lipinski definition) is 2. The Morgan fingerprint density at radius 2 is 1.95 bits per heavy atom. The average molecular weight is 333 g/mol. The van der Waals surface area contributed by atoms with Crippen LogP contribution in [0.15, 0.2) is 12.1 Å². The van der Waals surface area contributed by atoms with Crippen LogP contribution in [0.5, 0.6) is 0 Å². The molecule has 1 atom stereocenters. The molecule has 2 N–H and O–H groups in total. The molecule has 1 rings (SSSR count). The van der Waals surface area contributed by atoms with Crippen LogP contribution in [0.1, 0.15) is 44.1 Å². The number of amides is 1. The molecular formula is C14H18Cl2N2O3. The van der Waals surface area contributed by atoms with Crippen LogP contribution in [0.2, 0.25) is 10.2 Å². The number of nitrogens with zero attached hydrogens (tertiary/aromatic N) is 1. The number of halogens is 2. The summed E-state index contributed by atoms with van der Waals surface area (Å²) in [6, 6.07) is 2.44. The molecule has 7 heteroatoms. The molecule has 21 heavy (non-hydrogen) atoms. The predicted molar refractivity (Wildman–Crippen MR) is 81.8 cm³/mol. The summed E-state index contributed by atoms with van der Waals surface area (Å²) in [4.78, 5) is 27.0. The van der Waals surface area contributed by atoms with Gasteiger partial charge in [-0.3, -0.25) is 9.59 Å². The zero-order valence-corrected chi connectivity index (χ0v) is 13.6. The van der Waals surface area contributed by atoms with Crippen molar-refractivity contribution in [3.63, 3.8) is 0 Å². The minimum absolute atomic E-state index is 0.00605. The summed E-state index contributed by atoms with van der Waals surface area (Å²) in [5, 5.41) is 11.9. The fourth-order valence-corrected chi connectivity index (χ4v) is 2.29. The molecule has 0 aliphatic rings. The molecule has 0 aliphatic heterocycles. The normalized spacial score (nSPS) is 12.8. The molecule has 0 aliphatic carbocycles. The summed E-state index contributed by atoms with van der Waals surface area (Å²) in [5.41, 5.74) is -0.132. The lowest BCUT2D eigenvalue weighted by atomic mass is 9.87. The lowest BCUT2D eigenvalue weighted by Gasteiger charge is -2.25. The van der Waals surface area contributed by atoms with Gasteiger partial charge < -0.3 is 10.4 Å². The van der Waals surface area contributed by atoms with Gasteiger partial charge in [0.25, 0.3) is 5.91 Å². The van der Waals surface area contributed by atoms with Gasteiger partial charge in [-0.1, -0.05) is 44.0 Å². The second-order valence-corrected chi connectivity index (χ2v) is 6.79. The minimum atomic E-state index is -0.977. The highest BCUT2D eigenvalue weighted by molar-refractivity contribution is 6.34. The number of carbonyl (C=O) groups is 2. The summed E-state index contributed by atoms with van der Waals surface area (Å²) in [5.74, 6) is -1.51. The maximum Gasteiger partial charge on any atom is 0.305 e. The molecule has 1 amide bonds. The molecule has 0 fully saturated rings. The molecule has 1 unspecified atom stereocenters. The Hall–Kier alpha value is -1.33. The molecule has 5 nitrogen and oxygen atoms in total. The van der Waals surface area contributed by atoms with Gasteiger partial charge >= 0.3 is 5.97 Å². The van der Waals surface area contributed by atoms with Crippen molar-refractivity contribution < 1.29 is 14.7 Å². The highest BCUT2D eigenvalue weighted by Crippen LogP contribution is 2.23. The number of nitrogens with one attached hydrogen (secondary N) is 1. The maximum atomic E-state index is 12.2.